The Labute approximate surface area is 175 Å². The van der Waals surface area contributed by atoms with Gasteiger partial charge in [0.2, 0.25) is 0 Å². The van der Waals surface area contributed by atoms with E-state index in [1.54, 1.807) is 24.3 Å². The van der Waals surface area contributed by atoms with Crippen molar-refractivity contribution in [1.29, 1.82) is 0 Å². The summed E-state index contributed by atoms with van der Waals surface area (Å²) in [6, 6.07) is 14.6. The maximum Gasteiger partial charge on any atom is 0.169 e. The number of aliphatic hydroxyl groups excluding tert-OH is 2. The summed E-state index contributed by atoms with van der Waals surface area (Å²) >= 11 is 0. The zero-order chi connectivity index (χ0) is 21.0. The van der Waals surface area contributed by atoms with E-state index in [1.807, 2.05) is 49.1 Å². The minimum Gasteiger partial charge on any atom is -0.491 e. The van der Waals surface area contributed by atoms with Crippen molar-refractivity contribution in [3.05, 3.63) is 73.3 Å². The van der Waals surface area contributed by atoms with Crippen LogP contribution in [0.4, 0.5) is 11.4 Å². The average molecular weight is 412 g/mol. The number of nitrogens with one attached hydrogen (secondary N) is 4. The second kappa shape index (κ2) is 11.6. The van der Waals surface area contributed by atoms with Gasteiger partial charge in [-0.05, 0) is 24.3 Å². The summed E-state index contributed by atoms with van der Waals surface area (Å²) in [5.41, 5.74) is 1.85. The number of ether oxygens (including phenoxy) is 2. The minimum absolute atomic E-state index is 0.174. The van der Waals surface area contributed by atoms with Gasteiger partial charge >= 0.3 is 0 Å². The Hall–Kier alpha value is -3.36. The highest BCUT2D eigenvalue weighted by Crippen LogP contribution is 2.18. The summed E-state index contributed by atoms with van der Waals surface area (Å²) in [6.07, 6.45) is 5.96. The molecule has 2 heterocycles. The van der Waals surface area contributed by atoms with Crippen molar-refractivity contribution in [2.75, 3.05) is 36.9 Å². The van der Waals surface area contributed by atoms with E-state index < -0.39 is 12.2 Å². The third-order valence-electron chi connectivity index (χ3n) is 4.23. The first-order chi connectivity index (χ1) is 14.7. The monoisotopic (exact) mass is 412 g/mol. The number of aromatic amines is 2. The molecular formula is C22H28N4O4+2. The van der Waals surface area contributed by atoms with E-state index in [0.29, 0.717) is 24.6 Å². The van der Waals surface area contributed by atoms with Gasteiger partial charge in [0.05, 0.1) is 0 Å². The van der Waals surface area contributed by atoms with Gasteiger partial charge in [0.1, 0.15) is 36.9 Å². The number of benzene rings is 1. The highest BCUT2D eigenvalue weighted by atomic mass is 16.5. The first-order valence-corrected chi connectivity index (χ1v) is 9.81. The van der Waals surface area contributed by atoms with E-state index in [4.69, 9.17) is 9.47 Å². The van der Waals surface area contributed by atoms with Crippen LogP contribution in [0, 0.1) is 0 Å². The maximum atomic E-state index is 10.0. The zero-order valence-electron chi connectivity index (χ0n) is 16.6. The normalized spacial score (nSPS) is 12.6. The minimum atomic E-state index is -0.643. The summed E-state index contributed by atoms with van der Waals surface area (Å²) in [5.74, 6) is 1.28. The smallest absolute Gasteiger partial charge is 0.169 e. The summed E-state index contributed by atoms with van der Waals surface area (Å²) in [5, 5.41) is 26.4. The van der Waals surface area contributed by atoms with Crippen LogP contribution in [0.5, 0.6) is 11.5 Å². The number of hydrogen-bond acceptors (Lipinski definition) is 6. The van der Waals surface area contributed by atoms with Crippen molar-refractivity contribution in [3.8, 4) is 11.5 Å². The fourth-order valence-corrected chi connectivity index (χ4v) is 2.62. The van der Waals surface area contributed by atoms with Crippen LogP contribution in [-0.2, 0) is 0 Å². The SMILES string of the molecule is O[C@H](CNc1cc[nH+]cc1)COc1ccc(OC[C@@H](O)CNc2cc[nH+]cc2)cc1. The molecule has 0 radical (unpaired) electrons. The van der Waals surface area contributed by atoms with Gasteiger partial charge in [0.25, 0.3) is 0 Å². The lowest BCUT2D eigenvalue weighted by molar-refractivity contribution is -0.378. The molecule has 0 amide bonds. The molecule has 3 aromatic rings. The Balaban J connectivity index is 1.33. The molecule has 0 aliphatic rings. The lowest BCUT2D eigenvalue weighted by Gasteiger charge is -2.15. The van der Waals surface area contributed by atoms with E-state index >= 15 is 0 Å². The Morgan fingerprint density at radius 2 is 1.00 bits per heavy atom. The highest BCUT2D eigenvalue weighted by Gasteiger charge is 2.08. The molecule has 0 saturated heterocycles. The molecule has 0 aliphatic heterocycles. The summed E-state index contributed by atoms with van der Waals surface area (Å²) in [7, 11) is 0. The fraction of sp³-hybridized carbons (Fsp3) is 0.273. The predicted molar refractivity (Wildman–Crippen MR) is 112 cm³/mol. The molecule has 0 unspecified atom stereocenters. The summed E-state index contributed by atoms with van der Waals surface area (Å²) in [4.78, 5) is 5.89. The van der Waals surface area contributed by atoms with Gasteiger partial charge in [-0.2, -0.15) is 0 Å². The Morgan fingerprint density at radius 1 is 0.633 bits per heavy atom. The van der Waals surface area contributed by atoms with E-state index in [2.05, 4.69) is 20.6 Å². The largest absolute Gasteiger partial charge is 0.491 e. The molecule has 2 aromatic heterocycles. The lowest BCUT2D eigenvalue weighted by atomic mass is 10.3. The molecule has 8 nitrogen and oxygen atoms in total. The third-order valence-corrected chi connectivity index (χ3v) is 4.23. The first-order valence-electron chi connectivity index (χ1n) is 9.81. The zero-order valence-corrected chi connectivity index (χ0v) is 16.6. The fourth-order valence-electron chi connectivity index (χ4n) is 2.62. The Kier molecular flexibility index (Phi) is 8.25. The van der Waals surface area contributed by atoms with Gasteiger partial charge in [-0.1, -0.05) is 0 Å². The average Bonchev–Trinajstić information content (AvgIpc) is 2.80. The van der Waals surface area contributed by atoms with E-state index in [-0.39, 0.29) is 13.2 Å². The number of anilines is 2. The number of aromatic nitrogens is 2. The molecule has 0 aliphatic carbocycles. The second-order valence-corrected chi connectivity index (χ2v) is 6.74. The van der Waals surface area contributed by atoms with Crippen LogP contribution in [0.25, 0.3) is 0 Å². The standard InChI is InChI=1S/C22H26N4O4/c27-19(13-25-17-5-9-23-10-6-17)15-29-21-1-2-22(4-3-21)30-16-20(28)14-26-18-7-11-24-12-8-18/h1-12,19-20,27-28H,13-16H2,(H,23,25)(H,24,26)/p+2/t19-,20+. The van der Waals surface area contributed by atoms with E-state index in [9.17, 15) is 10.2 Å². The number of rotatable bonds is 12. The Morgan fingerprint density at radius 3 is 1.37 bits per heavy atom. The van der Waals surface area contributed by atoms with E-state index in [1.165, 1.54) is 0 Å². The molecule has 3 rings (SSSR count). The van der Waals surface area contributed by atoms with Crippen LogP contribution in [0.15, 0.2) is 73.3 Å². The van der Waals surface area contributed by atoms with Gasteiger partial charge in [-0.25, -0.2) is 9.97 Å². The van der Waals surface area contributed by atoms with Crippen molar-refractivity contribution in [3.63, 3.8) is 0 Å². The molecule has 0 spiro atoms. The Bertz CT molecular complexity index is 778. The maximum absolute atomic E-state index is 10.0. The van der Waals surface area contributed by atoms with Crippen LogP contribution in [0.2, 0.25) is 0 Å². The second-order valence-electron chi connectivity index (χ2n) is 6.74. The van der Waals surface area contributed by atoms with Crippen LogP contribution in [0.3, 0.4) is 0 Å². The number of hydrogen-bond donors (Lipinski definition) is 4. The number of aliphatic hydroxyl groups is 2. The molecule has 8 heteroatoms. The van der Waals surface area contributed by atoms with Gasteiger partial charge in [-0.3, -0.25) is 0 Å². The molecule has 1 aromatic carbocycles. The van der Waals surface area contributed by atoms with Crippen molar-refractivity contribution < 1.29 is 29.7 Å². The molecule has 0 bridgehead atoms. The summed E-state index contributed by atoms with van der Waals surface area (Å²) in [6.45, 7) is 1.12. The van der Waals surface area contributed by atoms with Crippen molar-refractivity contribution in [2.24, 2.45) is 0 Å². The van der Waals surface area contributed by atoms with Crippen molar-refractivity contribution >= 4 is 11.4 Å². The number of pyridine rings is 2. The molecule has 0 fully saturated rings. The van der Waals surface area contributed by atoms with E-state index in [0.717, 1.165) is 11.4 Å². The van der Waals surface area contributed by atoms with Crippen LogP contribution >= 0.6 is 0 Å². The molecule has 6 N–H and O–H groups in total. The van der Waals surface area contributed by atoms with Gasteiger partial charge in [0, 0.05) is 48.7 Å². The van der Waals surface area contributed by atoms with Crippen LogP contribution < -0.4 is 30.1 Å². The third kappa shape index (κ3) is 7.57. The predicted octanol–water partition coefficient (Wildman–Crippen LogP) is 1.02. The quantitative estimate of drug-likeness (QED) is 0.353. The van der Waals surface area contributed by atoms with Crippen LogP contribution in [-0.4, -0.2) is 48.7 Å². The molecule has 30 heavy (non-hydrogen) atoms. The van der Waals surface area contributed by atoms with Crippen LogP contribution in [0.1, 0.15) is 0 Å². The topological polar surface area (TPSA) is 111 Å². The number of H-pyrrole nitrogens is 2. The highest BCUT2D eigenvalue weighted by molar-refractivity contribution is 5.40. The van der Waals surface area contributed by atoms with Gasteiger partial charge in [-0.15, -0.1) is 0 Å². The summed E-state index contributed by atoms with van der Waals surface area (Å²) < 4.78 is 11.2. The van der Waals surface area contributed by atoms with Gasteiger partial charge < -0.3 is 30.3 Å². The van der Waals surface area contributed by atoms with Crippen molar-refractivity contribution in [2.45, 2.75) is 12.2 Å². The molecule has 0 saturated carbocycles. The molecule has 158 valence electrons. The van der Waals surface area contributed by atoms with Crippen molar-refractivity contribution in [1.82, 2.24) is 0 Å². The first kappa shape index (κ1) is 21.4. The molecular weight excluding hydrogens is 384 g/mol. The lowest BCUT2D eigenvalue weighted by Crippen LogP contribution is -2.26. The molecule has 2 atom stereocenters. The van der Waals surface area contributed by atoms with Gasteiger partial charge in [0.15, 0.2) is 24.8 Å².